The SMILES string of the molecule is CCOc1ccc(Cl)c(-n2c(C=C(C)C)c(C(=O)N3C[C@H]4CC[C@@H](C3)N4)cc(-c3nc(-c4ccc(C(C)F)cc4)cs3)c2=O)c1. The third kappa shape index (κ3) is 6.34. The van der Waals surface area contributed by atoms with Gasteiger partial charge in [0.05, 0.1) is 39.8 Å². The predicted octanol–water partition coefficient (Wildman–Crippen LogP) is 7.71. The number of likely N-dealkylation sites (tertiary alicyclic amines) is 1. The lowest BCUT2D eigenvalue weighted by Crippen LogP contribution is -2.53. The highest BCUT2D eigenvalue weighted by Gasteiger charge is 2.36. The number of pyridine rings is 1. The van der Waals surface area contributed by atoms with Crippen molar-refractivity contribution in [2.45, 2.75) is 58.8 Å². The molecule has 1 unspecified atom stereocenters. The highest BCUT2D eigenvalue weighted by atomic mass is 35.5. The molecule has 10 heteroatoms. The van der Waals surface area contributed by atoms with Crippen LogP contribution in [-0.4, -0.2) is 52.1 Å². The van der Waals surface area contributed by atoms with Gasteiger partial charge in [-0.2, -0.15) is 0 Å². The van der Waals surface area contributed by atoms with Gasteiger partial charge in [-0.15, -0.1) is 11.3 Å². The van der Waals surface area contributed by atoms with Gasteiger partial charge < -0.3 is 15.0 Å². The molecule has 3 atom stereocenters. The van der Waals surface area contributed by atoms with E-state index in [4.69, 9.17) is 21.3 Å². The average molecular weight is 647 g/mol. The summed E-state index contributed by atoms with van der Waals surface area (Å²) >= 11 is 8.10. The van der Waals surface area contributed by atoms with Crippen LogP contribution in [-0.2, 0) is 0 Å². The first-order valence-electron chi connectivity index (χ1n) is 15.3. The predicted molar refractivity (Wildman–Crippen MR) is 179 cm³/mol. The van der Waals surface area contributed by atoms with E-state index in [9.17, 15) is 14.0 Å². The minimum Gasteiger partial charge on any atom is -0.494 e. The lowest BCUT2D eigenvalue weighted by atomic mass is 10.0. The number of fused-ring (bicyclic) bond motifs is 2. The second-order valence-corrected chi connectivity index (χ2v) is 13.2. The number of nitrogens with zero attached hydrogens (tertiary/aromatic N) is 3. The molecule has 0 aliphatic carbocycles. The van der Waals surface area contributed by atoms with Crippen LogP contribution in [0.5, 0.6) is 5.75 Å². The molecule has 0 spiro atoms. The zero-order valence-corrected chi connectivity index (χ0v) is 27.3. The summed E-state index contributed by atoms with van der Waals surface area (Å²) in [5, 5.41) is 6.28. The fourth-order valence-electron chi connectivity index (χ4n) is 6.11. The van der Waals surface area contributed by atoms with Crippen LogP contribution in [0.4, 0.5) is 4.39 Å². The van der Waals surface area contributed by atoms with Crippen molar-refractivity contribution in [2.75, 3.05) is 19.7 Å². The van der Waals surface area contributed by atoms with Gasteiger partial charge in [-0.1, -0.05) is 41.4 Å². The van der Waals surface area contributed by atoms with Crippen molar-refractivity contribution in [3.05, 3.63) is 91.7 Å². The molecule has 234 valence electrons. The summed E-state index contributed by atoms with van der Waals surface area (Å²) in [5.74, 6) is 0.423. The molecule has 0 radical (unpaired) electrons. The van der Waals surface area contributed by atoms with Crippen molar-refractivity contribution >= 4 is 34.9 Å². The largest absolute Gasteiger partial charge is 0.494 e. The Hall–Kier alpha value is -3.79. The highest BCUT2D eigenvalue weighted by molar-refractivity contribution is 7.13. The van der Waals surface area contributed by atoms with Crippen LogP contribution in [0.25, 0.3) is 33.6 Å². The zero-order chi connectivity index (χ0) is 31.8. The average Bonchev–Trinajstić information content (AvgIpc) is 3.64. The van der Waals surface area contributed by atoms with Crippen LogP contribution in [0.15, 0.2) is 64.3 Å². The van der Waals surface area contributed by atoms with Crippen LogP contribution >= 0.6 is 22.9 Å². The number of carbonyl (C=O) groups excluding carboxylic acids is 1. The first-order chi connectivity index (χ1) is 21.6. The van der Waals surface area contributed by atoms with E-state index in [2.05, 4.69) is 5.32 Å². The Bertz CT molecular complexity index is 1820. The second-order valence-electron chi connectivity index (χ2n) is 11.9. The first kappa shape index (κ1) is 31.2. The number of nitrogens with one attached hydrogen (secondary N) is 1. The van der Waals surface area contributed by atoms with E-state index in [1.165, 1.54) is 22.8 Å². The number of amides is 1. The van der Waals surface area contributed by atoms with Crippen molar-refractivity contribution in [3.8, 4) is 33.3 Å². The van der Waals surface area contributed by atoms with E-state index >= 15 is 0 Å². The summed E-state index contributed by atoms with van der Waals surface area (Å²) in [6, 6.07) is 14.5. The van der Waals surface area contributed by atoms with Gasteiger partial charge in [0.15, 0.2) is 0 Å². The minimum atomic E-state index is -1.07. The molecule has 2 aliphatic rings. The molecule has 2 aliphatic heterocycles. The molecule has 6 rings (SSSR count). The normalized spacial score (nSPS) is 18.1. The van der Waals surface area contributed by atoms with Gasteiger partial charge in [-0.25, -0.2) is 9.37 Å². The number of alkyl halides is 1. The van der Waals surface area contributed by atoms with Crippen LogP contribution in [0.3, 0.4) is 0 Å². The van der Waals surface area contributed by atoms with Gasteiger partial charge in [0.2, 0.25) is 0 Å². The summed E-state index contributed by atoms with van der Waals surface area (Å²) in [6.45, 7) is 8.91. The van der Waals surface area contributed by atoms with Crippen LogP contribution in [0.2, 0.25) is 5.02 Å². The number of hydrogen-bond acceptors (Lipinski definition) is 6. The maximum absolute atomic E-state index is 14.5. The van der Waals surface area contributed by atoms with Crippen LogP contribution in [0.1, 0.15) is 68.3 Å². The monoisotopic (exact) mass is 646 g/mol. The van der Waals surface area contributed by atoms with E-state index < -0.39 is 6.17 Å². The molecule has 2 aromatic heterocycles. The second kappa shape index (κ2) is 12.9. The molecule has 2 bridgehead atoms. The third-order valence-electron chi connectivity index (χ3n) is 8.27. The fourth-order valence-corrected chi connectivity index (χ4v) is 7.15. The number of ether oxygens (including phenoxy) is 1. The summed E-state index contributed by atoms with van der Waals surface area (Å²) in [6.07, 6.45) is 2.86. The molecule has 2 aromatic carbocycles. The van der Waals surface area contributed by atoms with Crippen molar-refractivity contribution < 1.29 is 13.9 Å². The standard InChI is InChI=1S/C35H36ClFN4O3S/c1-5-44-26-12-13-29(36)32(15-26)41-31(14-20(2)3)27(34(42)40-17-24-10-11-25(18-40)38-24)16-28(35(41)43)33-39-30(19-45-33)23-8-6-22(7-9-23)21(4)37/h6-9,12-16,19,21,24-25,38H,5,10-11,17-18H2,1-4H3/t21?,24-,25+. The van der Waals surface area contributed by atoms with Crippen LogP contribution < -0.4 is 15.6 Å². The van der Waals surface area contributed by atoms with E-state index in [1.807, 2.05) is 49.3 Å². The van der Waals surface area contributed by atoms with Crippen molar-refractivity contribution in [1.29, 1.82) is 0 Å². The zero-order valence-electron chi connectivity index (χ0n) is 25.8. The van der Waals surface area contributed by atoms with Crippen LogP contribution in [0, 0.1) is 0 Å². The van der Waals surface area contributed by atoms with Gasteiger partial charge in [-0.05, 0) is 70.4 Å². The number of carbonyl (C=O) groups is 1. The number of allylic oxidation sites excluding steroid dienone is 1. The quantitative estimate of drug-likeness (QED) is 0.212. The Morgan fingerprint density at radius 2 is 1.87 bits per heavy atom. The van der Waals surface area contributed by atoms with Crippen molar-refractivity contribution in [1.82, 2.24) is 19.8 Å². The minimum absolute atomic E-state index is 0.138. The van der Waals surface area contributed by atoms with E-state index in [-0.39, 0.29) is 23.6 Å². The molecule has 1 amide bonds. The number of piperazine rings is 1. The van der Waals surface area contributed by atoms with Gasteiger partial charge in [-0.3, -0.25) is 14.2 Å². The van der Waals surface area contributed by atoms with E-state index in [0.29, 0.717) is 69.2 Å². The molecule has 1 N–H and O–H groups in total. The number of rotatable bonds is 8. The smallest absolute Gasteiger partial charge is 0.265 e. The Morgan fingerprint density at radius 1 is 1.16 bits per heavy atom. The molecule has 0 saturated carbocycles. The summed E-state index contributed by atoms with van der Waals surface area (Å²) in [4.78, 5) is 35.7. The maximum Gasteiger partial charge on any atom is 0.265 e. The third-order valence-corrected chi connectivity index (χ3v) is 9.46. The molecule has 45 heavy (non-hydrogen) atoms. The van der Waals surface area contributed by atoms with Crippen molar-refractivity contribution in [2.24, 2.45) is 0 Å². The molecule has 2 saturated heterocycles. The Balaban J connectivity index is 1.55. The lowest BCUT2D eigenvalue weighted by Gasteiger charge is -2.33. The van der Waals surface area contributed by atoms with E-state index in [0.717, 1.165) is 24.0 Å². The van der Waals surface area contributed by atoms with Gasteiger partial charge in [0, 0.05) is 42.2 Å². The number of thiazole rings is 1. The van der Waals surface area contributed by atoms with Gasteiger partial charge >= 0.3 is 0 Å². The molecule has 4 aromatic rings. The summed E-state index contributed by atoms with van der Waals surface area (Å²) < 4.78 is 21.1. The first-order valence-corrected chi connectivity index (χ1v) is 16.5. The van der Waals surface area contributed by atoms with Crippen molar-refractivity contribution in [3.63, 3.8) is 0 Å². The number of hydrogen-bond donors (Lipinski definition) is 1. The maximum atomic E-state index is 14.5. The molecule has 2 fully saturated rings. The Labute approximate surface area is 271 Å². The van der Waals surface area contributed by atoms with Gasteiger partial charge in [0.1, 0.15) is 16.9 Å². The number of halogens is 2. The molecule has 7 nitrogen and oxygen atoms in total. The highest BCUT2D eigenvalue weighted by Crippen LogP contribution is 2.33. The molecular weight excluding hydrogens is 611 g/mol. The summed E-state index contributed by atoms with van der Waals surface area (Å²) in [5.41, 5.74) is 4.21. The fraction of sp³-hybridized carbons (Fsp3) is 0.343. The Kier molecular flexibility index (Phi) is 8.95. The number of aromatic nitrogens is 2. The Morgan fingerprint density at radius 3 is 2.51 bits per heavy atom. The van der Waals surface area contributed by atoms with E-state index in [1.54, 1.807) is 36.4 Å². The number of benzene rings is 2. The van der Waals surface area contributed by atoms with Gasteiger partial charge in [0.25, 0.3) is 11.5 Å². The molecule has 4 heterocycles. The lowest BCUT2D eigenvalue weighted by molar-refractivity contribution is 0.0696. The molecular formula is C35H36ClFN4O3S. The topological polar surface area (TPSA) is 76.5 Å². The summed E-state index contributed by atoms with van der Waals surface area (Å²) in [7, 11) is 0.